The van der Waals surface area contributed by atoms with Gasteiger partial charge >= 0.3 is 6.18 Å². The van der Waals surface area contributed by atoms with Gasteiger partial charge in [0.15, 0.2) is 11.5 Å². The number of para-hydroxylation sites is 1. The second-order valence-electron chi connectivity index (χ2n) is 6.35. The van der Waals surface area contributed by atoms with Crippen LogP contribution in [0, 0.1) is 0 Å². The summed E-state index contributed by atoms with van der Waals surface area (Å²) in [5.41, 5.74) is 4.90. The highest BCUT2D eigenvalue weighted by atomic mass is 19.4. The molecule has 0 aliphatic heterocycles. The molecule has 136 valence electrons. The molecule has 1 saturated carbocycles. The Labute approximate surface area is 146 Å². The monoisotopic (exact) mass is 364 g/mol. The van der Waals surface area contributed by atoms with E-state index in [9.17, 15) is 13.2 Å². The molecule has 7 nitrogen and oxygen atoms in total. The molecule has 0 atom stereocenters. The molecule has 1 aliphatic rings. The highest BCUT2D eigenvalue weighted by Gasteiger charge is 2.37. The van der Waals surface area contributed by atoms with E-state index in [4.69, 9.17) is 10.3 Å². The first-order valence-electron chi connectivity index (χ1n) is 8.09. The fraction of sp³-hybridized carbons (Fsp3) is 0.375. The minimum absolute atomic E-state index is 0.0764. The van der Waals surface area contributed by atoms with Crippen LogP contribution in [-0.4, -0.2) is 25.1 Å². The molecule has 0 amide bonds. The first-order valence-corrected chi connectivity index (χ1v) is 8.09. The molecule has 2 aromatic heterocycles. The lowest BCUT2D eigenvalue weighted by atomic mass is 9.99. The number of hydrogen-bond acceptors (Lipinski definition) is 6. The number of hydrogen-bond donors (Lipinski definition) is 1. The Kier molecular flexibility index (Phi) is 3.79. The van der Waals surface area contributed by atoms with Crippen LogP contribution in [-0.2, 0) is 11.7 Å². The average molecular weight is 364 g/mol. The van der Waals surface area contributed by atoms with Crippen molar-refractivity contribution in [1.29, 1.82) is 0 Å². The van der Waals surface area contributed by atoms with E-state index in [0.29, 0.717) is 5.82 Å². The van der Waals surface area contributed by atoms with Gasteiger partial charge in [-0.2, -0.15) is 18.2 Å². The lowest BCUT2D eigenvalue weighted by Crippen LogP contribution is -2.34. The summed E-state index contributed by atoms with van der Waals surface area (Å²) in [6, 6.07) is 5.11. The van der Waals surface area contributed by atoms with Crippen LogP contribution >= 0.6 is 0 Å². The molecule has 3 aromatic rings. The van der Waals surface area contributed by atoms with Crippen LogP contribution < -0.4 is 5.73 Å². The maximum absolute atomic E-state index is 13.2. The smallest absolute Gasteiger partial charge is 0.332 e. The van der Waals surface area contributed by atoms with Gasteiger partial charge in [-0.25, -0.2) is 4.68 Å². The summed E-state index contributed by atoms with van der Waals surface area (Å²) in [4.78, 5) is 4.27. The highest BCUT2D eigenvalue weighted by Crippen LogP contribution is 2.36. The number of alkyl halides is 3. The van der Waals surface area contributed by atoms with E-state index in [1.807, 2.05) is 0 Å². The fourth-order valence-electron chi connectivity index (χ4n) is 3.15. The molecule has 2 heterocycles. The zero-order valence-corrected chi connectivity index (χ0v) is 13.6. The van der Waals surface area contributed by atoms with E-state index in [0.717, 1.165) is 36.4 Å². The van der Waals surface area contributed by atoms with Gasteiger partial charge < -0.3 is 10.3 Å². The normalized spacial score (nSPS) is 16.9. The number of nitrogens with two attached hydrogens (primary N) is 1. The second-order valence-corrected chi connectivity index (χ2v) is 6.35. The van der Waals surface area contributed by atoms with Gasteiger partial charge in [-0.05, 0) is 25.0 Å². The minimum atomic E-state index is -4.51. The summed E-state index contributed by atoms with van der Waals surface area (Å²) < 4.78 is 45.7. The number of benzene rings is 1. The van der Waals surface area contributed by atoms with E-state index in [1.165, 1.54) is 24.4 Å². The van der Waals surface area contributed by atoms with Gasteiger partial charge in [0, 0.05) is 0 Å². The molecule has 4 rings (SSSR count). The standard InChI is InChI=1S/C16H15F3N6O/c17-16(18,19)10-5-1-2-6-12(10)25-9-11(22-24-25)13-21-14(23-26-13)15(20)7-3-4-8-15/h1-2,5-6,9H,3-4,7-8,20H2. The number of nitrogens with zero attached hydrogens (tertiary/aromatic N) is 5. The summed E-state index contributed by atoms with van der Waals surface area (Å²) in [6.45, 7) is 0. The lowest BCUT2D eigenvalue weighted by Gasteiger charge is -2.17. The molecule has 0 bridgehead atoms. The third-order valence-electron chi connectivity index (χ3n) is 4.54. The van der Waals surface area contributed by atoms with Crippen molar-refractivity contribution < 1.29 is 17.7 Å². The quantitative estimate of drug-likeness (QED) is 0.767. The predicted octanol–water partition coefficient (Wildman–Crippen LogP) is 3.06. The van der Waals surface area contributed by atoms with E-state index < -0.39 is 17.3 Å². The predicted molar refractivity (Wildman–Crippen MR) is 84.0 cm³/mol. The molecule has 0 saturated heterocycles. The summed E-state index contributed by atoms with van der Waals surface area (Å²) in [5.74, 6) is 0.461. The molecule has 0 unspecified atom stereocenters. The van der Waals surface area contributed by atoms with Gasteiger partial charge in [-0.1, -0.05) is 35.3 Å². The molecule has 1 aromatic carbocycles. The molecule has 1 fully saturated rings. The third-order valence-corrected chi connectivity index (χ3v) is 4.54. The summed E-state index contributed by atoms with van der Waals surface area (Å²) in [6.07, 6.45) is 0.319. The van der Waals surface area contributed by atoms with E-state index in [-0.39, 0.29) is 17.3 Å². The van der Waals surface area contributed by atoms with Gasteiger partial charge in [-0.3, -0.25) is 0 Å². The molecular weight excluding hydrogens is 349 g/mol. The van der Waals surface area contributed by atoms with Crippen LogP contribution in [0.5, 0.6) is 0 Å². The Hall–Kier alpha value is -2.75. The minimum Gasteiger partial charge on any atom is -0.332 e. The molecule has 0 spiro atoms. The Morgan fingerprint density at radius 3 is 2.62 bits per heavy atom. The van der Waals surface area contributed by atoms with E-state index >= 15 is 0 Å². The molecule has 26 heavy (non-hydrogen) atoms. The van der Waals surface area contributed by atoms with Crippen molar-refractivity contribution in [3.63, 3.8) is 0 Å². The second kappa shape index (κ2) is 5.90. The van der Waals surface area contributed by atoms with Gasteiger partial charge in [0.05, 0.1) is 23.0 Å². The van der Waals surface area contributed by atoms with Crippen LogP contribution in [0.4, 0.5) is 13.2 Å². The van der Waals surface area contributed by atoms with Crippen molar-refractivity contribution >= 4 is 0 Å². The van der Waals surface area contributed by atoms with Gasteiger partial charge in [0.25, 0.3) is 5.89 Å². The zero-order valence-electron chi connectivity index (χ0n) is 13.6. The first-order chi connectivity index (χ1) is 12.4. The summed E-state index contributed by atoms with van der Waals surface area (Å²) in [5, 5.41) is 11.5. The Morgan fingerprint density at radius 2 is 1.88 bits per heavy atom. The maximum atomic E-state index is 13.2. The Bertz CT molecular complexity index is 926. The van der Waals surface area contributed by atoms with Gasteiger partial charge in [-0.15, -0.1) is 5.10 Å². The Balaban J connectivity index is 1.67. The third kappa shape index (κ3) is 2.85. The SMILES string of the molecule is NC1(c2noc(-c3cn(-c4ccccc4C(F)(F)F)nn3)n2)CCCC1. The van der Waals surface area contributed by atoms with Crippen LogP contribution in [0.2, 0.25) is 0 Å². The topological polar surface area (TPSA) is 95.7 Å². The maximum Gasteiger partial charge on any atom is 0.418 e. The van der Waals surface area contributed by atoms with Crippen LogP contribution in [0.3, 0.4) is 0 Å². The molecule has 2 N–H and O–H groups in total. The van der Waals surface area contributed by atoms with Crippen LogP contribution in [0.1, 0.15) is 37.1 Å². The molecule has 0 radical (unpaired) electrons. The number of rotatable bonds is 3. The van der Waals surface area contributed by atoms with Crippen molar-refractivity contribution in [3.8, 4) is 17.3 Å². The largest absolute Gasteiger partial charge is 0.418 e. The highest BCUT2D eigenvalue weighted by molar-refractivity contribution is 5.48. The van der Waals surface area contributed by atoms with Crippen molar-refractivity contribution in [3.05, 3.63) is 41.9 Å². The lowest BCUT2D eigenvalue weighted by molar-refractivity contribution is -0.137. The molecule has 1 aliphatic carbocycles. The van der Waals surface area contributed by atoms with Crippen LogP contribution in [0.15, 0.2) is 35.0 Å². The first kappa shape index (κ1) is 16.7. The van der Waals surface area contributed by atoms with Crippen LogP contribution in [0.25, 0.3) is 17.3 Å². The summed E-state index contributed by atoms with van der Waals surface area (Å²) in [7, 11) is 0. The van der Waals surface area contributed by atoms with Crippen molar-refractivity contribution in [1.82, 2.24) is 25.1 Å². The van der Waals surface area contributed by atoms with E-state index in [1.54, 1.807) is 0 Å². The van der Waals surface area contributed by atoms with Gasteiger partial charge in [0.2, 0.25) is 0 Å². The zero-order chi connectivity index (χ0) is 18.4. The molecule has 10 heteroatoms. The Morgan fingerprint density at radius 1 is 1.15 bits per heavy atom. The number of aromatic nitrogens is 5. The fourth-order valence-corrected chi connectivity index (χ4v) is 3.15. The number of halogens is 3. The summed E-state index contributed by atoms with van der Waals surface area (Å²) >= 11 is 0. The van der Waals surface area contributed by atoms with Crippen molar-refractivity contribution in [2.75, 3.05) is 0 Å². The van der Waals surface area contributed by atoms with Gasteiger partial charge in [0.1, 0.15) is 0 Å². The van der Waals surface area contributed by atoms with E-state index in [2.05, 4.69) is 20.5 Å². The van der Waals surface area contributed by atoms with Crippen molar-refractivity contribution in [2.24, 2.45) is 5.73 Å². The average Bonchev–Trinajstić information content (AvgIpc) is 3.34. The van der Waals surface area contributed by atoms with Crippen molar-refractivity contribution in [2.45, 2.75) is 37.4 Å². The molecular formula is C16H15F3N6O.